The predicted octanol–water partition coefficient (Wildman–Crippen LogP) is 1.28. The third kappa shape index (κ3) is 4.17. The van der Waals surface area contributed by atoms with E-state index in [1.807, 2.05) is 0 Å². The summed E-state index contributed by atoms with van der Waals surface area (Å²) in [6, 6.07) is 2.85. The van der Waals surface area contributed by atoms with Crippen molar-refractivity contribution in [3.05, 3.63) is 22.7 Å². The Labute approximate surface area is 121 Å². The zero-order valence-corrected chi connectivity index (χ0v) is 13.3. The molecule has 1 aromatic rings. The number of sulfonamides is 1. The van der Waals surface area contributed by atoms with Gasteiger partial charge in [0.15, 0.2) is 0 Å². The molecule has 19 heavy (non-hydrogen) atoms. The lowest BCUT2D eigenvalue weighted by Crippen LogP contribution is -2.33. The molecule has 0 fully saturated rings. The SMILES string of the molecule is Cc1c(N)cc(Cl)cc1S(=O)(=O)NCC(C)S(C)=O. The van der Waals surface area contributed by atoms with Gasteiger partial charge in [0.05, 0.1) is 4.90 Å². The average molecular weight is 325 g/mol. The first-order chi connectivity index (χ1) is 8.65. The van der Waals surface area contributed by atoms with Crippen LogP contribution in [0.5, 0.6) is 0 Å². The van der Waals surface area contributed by atoms with Gasteiger partial charge in [0.25, 0.3) is 0 Å². The fraction of sp³-hybridized carbons (Fsp3) is 0.455. The molecule has 1 rings (SSSR count). The molecule has 2 atom stereocenters. The zero-order chi connectivity index (χ0) is 14.8. The summed E-state index contributed by atoms with van der Waals surface area (Å²) < 4.78 is 37.9. The summed E-state index contributed by atoms with van der Waals surface area (Å²) in [4.78, 5) is 0.0478. The molecule has 0 saturated carbocycles. The Morgan fingerprint density at radius 3 is 2.58 bits per heavy atom. The van der Waals surface area contributed by atoms with Crippen molar-refractivity contribution < 1.29 is 12.6 Å². The molecule has 0 heterocycles. The maximum Gasteiger partial charge on any atom is 0.240 e. The van der Waals surface area contributed by atoms with Crippen molar-refractivity contribution in [3.8, 4) is 0 Å². The Kier molecular flexibility index (Phi) is 5.37. The minimum absolute atomic E-state index is 0.0478. The molecule has 0 aromatic heterocycles. The van der Waals surface area contributed by atoms with Crippen LogP contribution in [-0.2, 0) is 20.8 Å². The summed E-state index contributed by atoms with van der Waals surface area (Å²) in [5.41, 5.74) is 6.46. The summed E-state index contributed by atoms with van der Waals surface area (Å²) in [7, 11) is -4.81. The molecule has 0 amide bonds. The minimum Gasteiger partial charge on any atom is -0.398 e. The van der Waals surface area contributed by atoms with Gasteiger partial charge in [0, 0.05) is 39.6 Å². The lowest BCUT2D eigenvalue weighted by Gasteiger charge is -2.13. The number of hydrogen-bond acceptors (Lipinski definition) is 4. The van der Waals surface area contributed by atoms with Crippen LogP contribution in [0, 0.1) is 6.92 Å². The summed E-state index contributed by atoms with van der Waals surface area (Å²) in [5.74, 6) is 0. The first-order valence-corrected chi connectivity index (χ1v) is 9.01. The van der Waals surface area contributed by atoms with E-state index >= 15 is 0 Å². The van der Waals surface area contributed by atoms with Crippen LogP contribution < -0.4 is 10.5 Å². The normalized spacial score (nSPS) is 15.2. The van der Waals surface area contributed by atoms with Gasteiger partial charge >= 0.3 is 0 Å². The Hall–Kier alpha value is -0.630. The Morgan fingerprint density at radius 1 is 1.47 bits per heavy atom. The monoisotopic (exact) mass is 324 g/mol. The molecule has 5 nitrogen and oxygen atoms in total. The van der Waals surface area contributed by atoms with Crippen molar-refractivity contribution in [1.82, 2.24) is 4.72 Å². The van der Waals surface area contributed by atoms with Crippen LogP contribution in [0.2, 0.25) is 5.02 Å². The van der Waals surface area contributed by atoms with Gasteiger partial charge in [-0.25, -0.2) is 13.1 Å². The number of nitrogens with one attached hydrogen (secondary N) is 1. The van der Waals surface area contributed by atoms with Crippen molar-refractivity contribution in [2.45, 2.75) is 24.0 Å². The highest BCUT2D eigenvalue weighted by molar-refractivity contribution is 7.89. The number of halogens is 1. The van der Waals surface area contributed by atoms with E-state index in [1.54, 1.807) is 13.8 Å². The van der Waals surface area contributed by atoms with Crippen molar-refractivity contribution in [1.29, 1.82) is 0 Å². The highest BCUT2D eigenvalue weighted by Gasteiger charge is 2.20. The number of anilines is 1. The molecule has 108 valence electrons. The molecular weight excluding hydrogens is 308 g/mol. The smallest absolute Gasteiger partial charge is 0.240 e. The fourth-order valence-electron chi connectivity index (χ4n) is 1.38. The second-order valence-corrected chi connectivity index (χ2v) is 8.25. The van der Waals surface area contributed by atoms with Crippen LogP contribution in [-0.4, -0.2) is 30.7 Å². The molecule has 0 aliphatic heterocycles. The Morgan fingerprint density at radius 2 is 2.05 bits per heavy atom. The topological polar surface area (TPSA) is 89.3 Å². The Balaban J connectivity index is 3.05. The van der Waals surface area contributed by atoms with Crippen LogP contribution in [0.1, 0.15) is 12.5 Å². The second-order valence-electron chi connectivity index (χ2n) is 4.28. The Bertz CT molecular complexity index is 602. The third-order valence-corrected chi connectivity index (χ3v) is 5.85. The van der Waals surface area contributed by atoms with E-state index < -0.39 is 20.8 Å². The van der Waals surface area contributed by atoms with Crippen LogP contribution in [0.3, 0.4) is 0 Å². The quantitative estimate of drug-likeness (QED) is 0.798. The molecule has 1 aromatic carbocycles. The number of nitrogens with two attached hydrogens (primary N) is 1. The van der Waals surface area contributed by atoms with Gasteiger partial charge in [-0.15, -0.1) is 0 Å². The number of nitrogen functional groups attached to an aromatic ring is 1. The van der Waals surface area contributed by atoms with Gasteiger partial charge in [0.1, 0.15) is 0 Å². The van der Waals surface area contributed by atoms with Gasteiger partial charge in [-0.1, -0.05) is 11.6 Å². The predicted molar refractivity (Wildman–Crippen MR) is 79.3 cm³/mol. The summed E-state index contributed by atoms with van der Waals surface area (Å²) >= 11 is 5.82. The molecule has 0 radical (unpaired) electrons. The average Bonchev–Trinajstić information content (AvgIpc) is 2.30. The maximum atomic E-state index is 12.2. The molecule has 0 aliphatic rings. The van der Waals surface area contributed by atoms with Gasteiger partial charge in [0.2, 0.25) is 10.0 Å². The molecule has 0 aliphatic carbocycles. The number of benzene rings is 1. The fourth-order valence-corrected chi connectivity index (χ4v) is 3.52. The first-order valence-electron chi connectivity index (χ1n) is 5.52. The van der Waals surface area contributed by atoms with E-state index in [0.29, 0.717) is 11.3 Å². The number of rotatable bonds is 5. The lowest BCUT2D eigenvalue weighted by atomic mass is 10.2. The summed E-state index contributed by atoms with van der Waals surface area (Å²) in [5, 5.41) is -0.0118. The van der Waals surface area contributed by atoms with Crippen molar-refractivity contribution in [2.75, 3.05) is 18.5 Å². The lowest BCUT2D eigenvalue weighted by molar-refractivity contribution is 0.580. The van der Waals surface area contributed by atoms with Crippen molar-refractivity contribution in [3.63, 3.8) is 0 Å². The van der Waals surface area contributed by atoms with Crippen LogP contribution >= 0.6 is 11.6 Å². The largest absolute Gasteiger partial charge is 0.398 e. The molecule has 8 heteroatoms. The summed E-state index contributed by atoms with van der Waals surface area (Å²) in [6.45, 7) is 3.41. The van der Waals surface area contributed by atoms with Gasteiger partial charge in [-0.05, 0) is 31.5 Å². The zero-order valence-electron chi connectivity index (χ0n) is 10.9. The molecule has 0 spiro atoms. The van der Waals surface area contributed by atoms with E-state index in [2.05, 4.69) is 4.72 Å². The minimum atomic E-state index is -3.71. The molecule has 3 N–H and O–H groups in total. The molecule has 0 saturated heterocycles. The van der Waals surface area contributed by atoms with Crippen LogP contribution in [0.15, 0.2) is 17.0 Å². The van der Waals surface area contributed by atoms with Gasteiger partial charge < -0.3 is 5.73 Å². The van der Waals surface area contributed by atoms with E-state index in [4.69, 9.17) is 17.3 Å². The van der Waals surface area contributed by atoms with Crippen molar-refractivity contribution >= 4 is 38.1 Å². The number of hydrogen-bond donors (Lipinski definition) is 2. The standard InChI is InChI=1S/C11H17ClN2O3S2/c1-7(18(3)15)6-14-19(16,17)11-5-9(12)4-10(13)8(11)2/h4-5,7,14H,6,13H2,1-3H3. The van der Waals surface area contributed by atoms with Gasteiger partial charge in [-0.2, -0.15) is 0 Å². The van der Waals surface area contributed by atoms with E-state index in [1.165, 1.54) is 18.4 Å². The third-order valence-electron chi connectivity index (χ3n) is 2.78. The van der Waals surface area contributed by atoms with Gasteiger partial charge in [-0.3, -0.25) is 4.21 Å². The molecular formula is C11H17ClN2O3S2. The van der Waals surface area contributed by atoms with Crippen LogP contribution in [0.25, 0.3) is 0 Å². The van der Waals surface area contributed by atoms with E-state index in [0.717, 1.165) is 0 Å². The second kappa shape index (κ2) is 6.21. The van der Waals surface area contributed by atoms with E-state index in [-0.39, 0.29) is 21.7 Å². The van der Waals surface area contributed by atoms with Crippen molar-refractivity contribution in [2.24, 2.45) is 0 Å². The summed E-state index contributed by atoms with van der Waals surface area (Å²) in [6.07, 6.45) is 1.53. The molecule has 0 bridgehead atoms. The highest BCUT2D eigenvalue weighted by atomic mass is 35.5. The van der Waals surface area contributed by atoms with Crippen LogP contribution in [0.4, 0.5) is 5.69 Å². The molecule has 2 unspecified atom stereocenters. The first kappa shape index (κ1) is 16.4. The highest BCUT2D eigenvalue weighted by Crippen LogP contribution is 2.25. The maximum absolute atomic E-state index is 12.2. The van der Waals surface area contributed by atoms with E-state index in [9.17, 15) is 12.6 Å².